The zero-order chi connectivity index (χ0) is 25.4. The van der Waals surface area contributed by atoms with Gasteiger partial charge >= 0.3 is 226 Å². The molecule has 0 saturated heterocycles. The molecule has 0 aromatic heterocycles. The van der Waals surface area contributed by atoms with Gasteiger partial charge in [0.2, 0.25) is 0 Å². The number of ether oxygens (including phenoxy) is 3. The first kappa shape index (κ1) is 23.7. The van der Waals surface area contributed by atoms with E-state index >= 15 is 0 Å². The molecular weight excluding hydrogens is 559 g/mol. The van der Waals surface area contributed by atoms with E-state index in [-0.39, 0.29) is 0 Å². The average Bonchev–Trinajstić information content (AvgIpc) is 2.97. The summed E-state index contributed by atoms with van der Waals surface area (Å²) >= 11 is -3.37. The maximum absolute atomic E-state index is 6.12. The number of methoxy groups -OCH3 is 3. The molecule has 0 atom stereocenters. The van der Waals surface area contributed by atoms with Gasteiger partial charge in [-0.1, -0.05) is 0 Å². The van der Waals surface area contributed by atoms with E-state index in [0.29, 0.717) is 0 Å². The van der Waals surface area contributed by atoms with Gasteiger partial charge in [-0.2, -0.15) is 0 Å². The minimum atomic E-state index is -3.37. The van der Waals surface area contributed by atoms with Crippen LogP contribution in [0.25, 0.3) is 32.3 Å². The summed E-state index contributed by atoms with van der Waals surface area (Å²) in [6.45, 7) is 0. The SMILES string of the molecule is COc1ccc2ccccc2[c]1[In]([c]1c(OC)ccc2ccccc12)[c]1c(OC)ccc2ccccc12. The molecule has 0 unspecified atom stereocenters. The van der Waals surface area contributed by atoms with E-state index in [1.54, 1.807) is 21.3 Å². The van der Waals surface area contributed by atoms with Crippen molar-refractivity contribution >= 4 is 63.7 Å². The van der Waals surface area contributed by atoms with Gasteiger partial charge in [0.05, 0.1) is 0 Å². The quantitative estimate of drug-likeness (QED) is 0.251. The number of fused-ring (bicyclic) bond motifs is 3. The fourth-order valence-electron chi connectivity index (χ4n) is 5.69. The van der Waals surface area contributed by atoms with Gasteiger partial charge in [0.15, 0.2) is 0 Å². The topological polar surface area (TPSA) is 27.7 Å². The standard InChI is InChI=1S/3C11H9O.In/c3*1-12-11-7-6-9-4-2-3-5-10(9)8-11;/h3*2-7H,1H3;. The predicted octanol–water partition coefficient (Wildman–Crippen LogP) is 5.69. The average molecular weight is 586 g/mol. The Hall–Kier alpha value is -3.63. The van der Waals surface area contributed by atoms with Crippen LogP contribution in [0, 0.1) is 0 Å². The summed E-state index contributed by atoms with van der Waals surface area (Å²) in [5.41, 5.74) is 0. The van der Waals surface area contributed by atoms with Crippen molar-refractivity contribution in [3.05, 3.63) is 109 Å². The molecule has 0 fully saturated rings. The first-order valence-corrected chi connectivity index (χ1v) is 17.4. The van der Waals surface area contributed by atoms with E-state index in [1.165, 1.54) is 42.3 Å². The monoisotopic (exact) mass is 586 g/mol. The summed E-state index contributed by atoms with van der Waals surface area (Å²) in [5.74, 6) is 2.76. The van der Waals surface area contributed by atoms with Crippen LogP contribution in [0.4, 0.5) is 0 Å². The number of rotatable bonds is 6. The zero-order valence-corrected chi connectivity index (χ0v) is 24.5. The van der Waals surface area contributed by atoms with E-state index in [2.05, 4.69) is 109 Å². The molecule has 0 bridgehead atoms. The van der Waals surface area contributed by atoms with Crippen LogP contribution in [-0.4, -0.2) is 42.8 Å². The Labute approximate surface area is 224 Å². The molecule has 0 radical (unpaired) electrons. The van der Waals surface area contributed by atoms with Gasteiger partial charge in [-0.25, -0.2) is 0 Å². The molecule has 0 N–H and O–H groups in total. The Morgan fingerprint density at radius 2 is 0.676 bits per heavy atom. The van der Waals surface area contributed by atoms with Crippen molar-refractivity contribution in [2.75, 3.05) is 21.3 Å². The second kappa shape index (κ2) is 10.0. The summed E-state index contributed by atoms with van der Waals surface area (Å²) in [6, 6.07) is 38.7. The van der Waals surface area contributed by atoms with Gasteiger partial charge in [-0.05, 0) is 0 Å². The first-order valence-electron chi connectivity index (χ1n) is 12.4. The third kappa shape index (κ3) is 4.00. The summed E-state index contributed by atoms with van der Waals surface area (Å²) in [5, 5.41) is 7.31. The summed E-state index contributed by atoms with van der Waals surface area (Å²) in [4.78, 5) is 0. The van der Waals surface area contributed by atoms with E-state index < -0.39 is 21.4 Å². The molecule has 4 heteroatoms. The fourth-order valence-corrected chi connectivity index (χ4v) is 17.3. The number of hydrogen-bond acceptors (Lipinski definition) is 3. The van der Waals surface area contributed by atoms with Gasteiger partial charge in [0.25, 0.3) is 0 Å². The Morgan fingerprint density at radius 1 is 0.378 bits per heavy atom. The Morgan fingerprint density at radius 3 is 0.973 bits per heavy atom. The molecule has 180 valence electrons. The van der Waals surface area contributed by atoms with Crippen molar-refractivity contribution < 1.29 is 14.2 Å². The van der Waals surface area contributed by atoms with Crippen molar-refractivity contribution in [1.29, 1.82) is 0 Å². The molecule has 6 aromatic rings. The molecule has 0 aliphatic carbocycles. The summed E-state index contributed by atoms with van der Waals surface area (Å²) in [6.07, 6.45) is 0. The van der Waals surface area contributed by atoms with Crippen LogP contribution in [0.2, 0.25) is 0 Å². The van der Waals surface area contributed by atoms with Gasteiger partial charge < -0.3 is 0 Å². The van der Waals surface area contributed by atoms with Crippen LogP contribution < -0.4 is 24.2 Å². The minimum absolute atomic E-state index is 0.921. The molecule has 0 saturated carbocycles. The van der Waals surface area contributed by atoms with Gasteiger partial charge in [0.1, 0.15) is 0 Å². The van der Waals surface area contributed by atoms with Crippen LogP contribution in [0.3, 0.4) is 0 Å². The molecule has 6 aromatic carbocycles. The molecule has 3 nitrogen and oxygen atoms in total. The Kier molecular flexibility index (Phi) is 6.43. The molecule has 37 heavy (non-hydrogen) atoms. The van der Waals surface area contributed by atoms with Crippen LogP contribution >= 0.6 is 0 Å². The summed E-state index contributed by atoms with van der Waals surface area (Å²) < 4.78 is 22.3. The fraction of sp³-hybridized carbons (Fsp3) is 0.0909. The molecular formula is C33H27InO3. The van der Waals surface area contributed by atoms with Crippen molar-refractivity contribution in [2.24, 2.45) is 0 Å². The normalized spacial score (nSPS) is 11.1. The number of hydrogen-bond donors (Lipinski definition) is 0. The maximum atomic E-state index is 6.12. The first-order chi connectivity index (χ1) is 18.2. The molecule has 0 amide bonds. The molecule has 0 heterocycles. The van der Waals surface area contributed by atoms with Crippen LogP contribution in [0.15, 0.2) is 109 Å². The molecule has 0 aliphatic rings. The second-order valence-electron chi connectivity index (χ2n) is 9.14. The summed E-state index contributed by atoms with van der Waals surface area (Å²) in [7, 11) is 5.33. The van der Waals surface area contributed by atoms with Gasteiger partial charge in [-0.3, -0.25) is 0 Å². The molecule has 6 rings (SSSR count). The van der Waals surface area contributed by atoms with Crippen molar-refractivity contribution in [3.63, 3.8) is 0 Å². The van der Waals surface area contributed by atoms with E-state index in [4.69, 9.17) is 14.2 Å². The second-order valence-corrected chi connectivity index (χ2v) is 16.6. The van der Waals surface area contributed by atoms with E-state index in [0.717, 1.165) is 17.2 Å². The van der Waals surface area contributed by atoms with E-state index in [1.807, 2.05) is 0 Å². The van der Waals surface area contributed by atoms with E-state index in [9.17, 15) is 0 Å². The van der Waals surface area contributed by atoms with Crippen LogP contribution in [-0.2, 0) is 0 Å². The van der Waals surface area contributed by atoms with Crippen LogP contribution in [0.5, 0.6) is 17.2 Å². The van der Waals surface area contributed by atoms with Crippen LogP contribution in [0.1, 0.15) is 0 Å². The Balaban J connectivity index is 1.86. The third-order valence-corrected chi connectivity index (χ3v) is 17.4. The molecule has 0 spiro atoms. The van der Waals surface area contributed by atoms with Crippen molar-refractivity contribution in [2.45, 2.75) is 0 Å². The number of benzene rings is 6. The molecule has 0 aliphatic heterocycles. The van der Waals surface area contributed by atoms with Gasteiger partial charge in [0, 0.05) is 0 Å². The zero-order valence-electron chi connectivity index (χ0n) is 21.2. The Bertz CT molecular complexity index is 1550. The predicted molar refractivity (Wildman–Crippen MR) is 156 cm³/mol. The third-order valence-electron chi connectivity index (χ3n) is 7.32. The van der Waals surface area contributed by atoms with Crippen molar-refractivity contribution in [1.82, 2.24) is 0 Å². The van der Waals surface area contributed by atoms with Gasteiger partial charge in [-0.15, -0.1) is 0 Å². The van der Waals surface area contributed by atoms with Crippen molar-refractivity contribution in [3.8, 4) is 17.2 Å².